The predicted octanol–water partition coefficient (Wildman–Crippen LogP) is 3.48. The maximum atomic E-state index is 12.6. The Hall–Kier alpha value is -1.24. The molecule has 2 fully saturated rings. The number of nitrogens with zero attached hydrogens (tertiary/aromatic N) is 1. The van der Waals surface area contributed by atoms with Gasteiger partial charge in [0.2, 0.25) is 5.91 Å². The van der Waals surface area contributed by atoms with Gasteiger partial charge in [0.05, 0.1) is 23.4 Å². The first kappa shape index (κ1) is 22.4. The van der Waals surface area contributed by atoms with E-state index in [2.05, 4.69) is 0 Å². The number of nitrogens with two attached hydrogens (primary N) is 1. The summed E-state index contributed by atoms with van der Waals surface area (Å²) in [5, 5.41) is 0. The van der Waals surface area contributed by atoms with Gasteiger partial charge in [-0.05, 0) is 68.4 Å². The van der Waals surface area contributed by atoms with Crippen LogP contribution in [0.4, 0.5) is 0 Å². The molecule has 2 saturated carbocycles. The number of benzene rings is 1. The maximum absolute atomic E-state index is 12.6. The third-order valence-electron chi connectivity index (χ3n) is 6.75. The summed E-state index contributed by atoms with van der Waals surface area (Å²) in [6.07, 6.45) is 7.57. The van der Waals surface area contributed by atoms with Crippen LogP contribution in [0, 0.1) is 11.8 Å². The van der Waals surface area contributed by atoms with Crippen LogP contribution in [0.3, 0.4) is 0 Å². The molecule has 1 unspecified atom stereocenters. The molecule has 162 valence electrons. The van der Waals surface area contributed by atoms with Crippen molar-refractivity contribution in [3.8, 4) is 0 Å². The number of likely N-dealkylation sites (N-methyl/N-ethyl adjacent to an activating group) is 1. The van der Waals surface area contributed by atoms with Gasteiger partial charge >= 0.3 is 0 Å². The molecule has 0 spiro atoms. The highest BCUT2D eigenvalue weighted by Crippen LogP contribution is 2.32. The third-order valence-corrected chi connectivity index (χ3v) is 8.16. The molecular formula is C23H36N2O3S. The molecule has 2 aliphatic rings. The molecule has 3 rings (SSSR count). The zero-order valence-corrected chi connectivity index (χ0v) is 18.7. The predicted molar refractivity (Wildman–Crippen MR) is 117 cm³/mol. The average molecular weight is 421 g/mol. The van der Waals surface area contributed by atoms with E-state index in [4.69, 9.17) is 10.5 Å². The Labute approximate surface area is 177 Å². The van der Waals surface area contributed by atoms with Crippen LogP contribution < -0.4 is 5.73 Å². The molecule has 29 heavy (non-hydrogen) atoms. The number of hydrogen-bond donors (Lipinski definition) is 1. The van der Waals surface area contributed by atoms with Crippen LogP contribution >= 0.6 is 0 Å². The van der Waals surface area contributed by atoms with Crippen LogP contribution in [0.15, 0.2) is 29.2 Å². The molecule has 0 saturated heterocycles. The van der Waals surface area contributed by atoms with E-state index in [1.807, 2.05) is 43.1 Å². The molecule has 2 aliphatic carbocycles. The van der Waals surface area contributed by atoms with Crippen LogP contribution in [0.1, 0.15) is 57.4 Å². The monoisotopic (exact) mass is 420 g/mol. The quantitative estimate of drug-likeness (QED) is 0.664. The minimum atomic E-state index is -0.959. The number of carbonyl (C=O) groups excluding carboxylic acids is 1. The van der Waals surface area contributed by atoms with Crippen LogP contribution in [0.5, 0.6) is 0 Å². The molecule has 1 aromatic carbocycles. The van der Waals surface area contributed by atoms with Gasteiger partial charge in [0, 0.05) is 30.3 Å². The summed E-state index contributed by atoms with van der Waals surface area (Å²) in [6, 6.07) is 7.88. The zero-order chi connectivity index (χ0) is 20.8. The van der Waals surface area contributed by atoms with E-state index < -0.39 is 10.8 Å². The Morgan fingerprint density at radius 1 is 1.21 bits per heavy atom. The van der Waals surface area contributed by atoms with Crippen molar-refractivity contribution in [1.29, 1.82) is 0 Å². The average Bonchev–Trinajstić information content (AvgIpc) is 2.71. The van der Waals surface area contributed by atoms with Gasteiger partial charge in [-0.2, -0.15) is 0 Å². The summed E-state index contributed by atoms with van der Waals surface area (Å²) in [5.74, 6) is 1.54. The molecule has 0 aromatic heterocycles. The van der Waals surface area contributed by atoms with Gasteiger partial charge in [-0.25, -0.2) is 0 Å². The van der Waals surface area contributed by atoms with Crippen molar-refractivity contribution in [3.05, 3.63) is 29.8 Å². The van der Waals surface area contributed by atoms with Crippen molar-refractivity contribution >= 4 is 16.7 Å². The minimum Gasteiger partial charge on any atom is -0.376 e. The Morgan fingerprint density at radius 3 is 2.52 bits per heavy atom. The molecule has 1 amide bonds. The van der Waals surface area contributed by atoms with E-state index in [1.54, 1.807) is 0 Å². The maximum Gasteiger partial charge on any atom is 0.239 e. The Morgan fingerprint density at radius 2 is 1.90 bits per heavy atom. The molecule has 2 atom stereocenters. The molecule has 2 N–H and O–H groups in total. The first-order valence-corrected chi connectivity index (χ1v) is 12.4. The van der Waals surface area contributed by atoms with Crippen LogP contribution in [0.25, 0.3) is 0 Å². The smallest absolute Gasteiger partial charge is 0.239 e. The second-order valence-electron chi connectivity index (χ2n) is 8.60. The van der Waals surface area contributed by atoms with Crippen molar-refractivity contribution in [2.75, 3.05) is 19.4 Å². The molecule has 0 aliphatic heterocycles. The zero-order valence-electron chi connectivity index (χ0n) is 17.8. The van der Waals surface area contributed by atoms with Gasteiger partial charge in [-0.1, -0.05) is 25.1 Å². The highest BCUT2D eigenvalue weighted by Gasteiger charge is 2.34. The van der Waals surface area contributed by atoms with Gasteiger partial charge < -0.3 is 15.4 Å². The molecular weight excluding hydrogens is 384 g/mol. The van der Waals surface area contributed by atoms with Gasteiger partial charge in [0.1, 0.15) is 0 Å². The van der Waals surface area contributed by atoms with Crippen LogP contribution in [0.2, 0.25) is 0 Å². The third kappa shape index (κ3) is 5.68. The highest BCUT2D eigenvalue weighted by molar-refractivity contribution is 7.85. The van der Waals surface area contributed by atoms with Gasteiger partial charge in [0.15, 0.2) is 0 Å². The standard InChI is InChI=1S/C23H36N2O3S/c1-3-29(27)21-10-5-4-7-19(21)16-28-15-17-11-13-18(14-12-17)22(24)23(26)25(2)20-8-6-9-20/h4-5,7,10,17-18,20,22H,3,6,8-9,11-16,24H2,1-2H3/t17?,18?,22-,29?/m0/s1. The Kier molecular flexibility index (Phi) is 8.27. The van der Waals surface area contributed by atoms with Gasteiger partial charge in [-0.15, -0.1) is 0 Å². The molecule has 0 radical (unpaired) electrons. The van der Waals surface area contributed by atoms with Crippen molar-refractivity contribution in [3.63, 3.8) is 0 Å². The molecule has 5 nitrogen and oxygen atoms in total. The summed E-state index contributed by atoms with van der Waals surface area (Å²) in [4.78, 5) is 15.4. The minimum absolute atomic E-state index is 0.120. The first-order valence-electron chi connectivity index (χ1n) is 11.1. The van der Waals surface area contributed by atoms with E-state index in [0.29, 0.717) is 30.9 Å². The first-order chi connectivity index (χ1) is 14.0. The molecule has 6 heteroatoms. The number of carbonyl (C=O) groups is 1. The topological polar surface area (TPSA) is 72.6 Å². The number of rotatable bonds is 9. The van der Waals surface area contributed by atoms with Crippen molar-refractivity contribution in [2.45, 2.75) is 75.5 Å². The lowest BCUT2D eigenvalue weighted by Gasteiger charge is -2.38. The van der Waals surface area contributed by atoms with Crippen LogP contribution in [-0.4, -0.2) is 46.5 Å². The number of hydrogen-bond acceptors (Lipinski definition) is 4. The number of amides is 1. The van der Waals surface area contributed by atoms with E-state index in [-0.39, 0.29) is 17.9 Å². The SMILES string of the molecule is CCS(=O)c1ccccc1COCC1CCC([C@H](N)C(=O)N(C)C2CCC2)CC1. The van der Waals surface area contributed by atoms with E-state index >= 15 is 0 Å². The summed E-state index contributed by atoms with van der Waals surface area (Å²) in [5.41, 5.74) is 7.36. The summed E-state index contributed by atoms with van der Waals surface area (Å²) < 4.78 is 18.2. The van der Waals surface area contributed by atoms with Gasteiger partial charge in [0.25, 0.3) is 0 Å². The summed E-state index contributed by atoms with van der Waals surface area (Å²) in [6.45, 7) is 3.16. The van der Waals surface area contributed by atoms with E-state index in [0.717, 1.165) is 49.0 Å². The molecule has 0 heterocycles. The lowest BCUT2D eigenvalue weighted by atomic mass is 9.78. The fourth-order valence-corrected chi connectivity index (χ4v) is 5.40. The second kappa shape index (κ2) is 10.7. The summed E-state index contributed by atoms with van der Waals surface area (Å²) in [7, 11) is 0.953. The molecule has 1 aromatic rings. The number of ether oxygens (including phenoxy) is 1. The van der Waals surface area contributed by atoms with E-state index in [9.17, 15) is 9.00 Å². The highest BCUT2D eigenvalue weighted by atomic mass is 32.2. The largest absolute Gasteiger partial charge is 0.376 e. The fourth-order valence-electron chi connectivity index (χ4n) is 4.44. The Balaban J connectivity index is 1.41. The van der Waals surface area contributed by atoms with Crippen molar-refractivity contribution < 1.29 is 13.7 Å². The summed E-state index contributed by atoms with van der Waals surface area (Å²) >= 11 is 0. The second-order valence-corrected chi connectivity index (χ2v) is 10.3. The van der Waals surface area contributed by atoms with E-state index in [1.165, 1.54) is 6.42 Å². The van der Waals surface area contributed by atoms with Gasteiger partial charge in [-0.3, -0.25) is 9.00 Å². The fraction of sp³-hybridized carbons (Fsp3) is 0.696. The normalized spacial score (nSPS) is 24.5. The van der Waals surface area contributed by atoms with Crippen LogP contribution in [-0.2, 0) is 26.9 Å². The lowest BCUT2D eigenvalue weighted by molar-refractivity contribution is -0.136. The Bertz CT molecular complexity index is 699. The molecule has 0 bridgehead atoms. The van der Waals surface area contributed by atoms with Crippen molar-refractivity contribution in [2.24, 2.45) is 17.6 Å². The van der Waals surface area contributed by atoms with Crippen molar-refractivity contribution in [1.82, 2.24) is 4.90 Å². The lowest BCUT2D eigenvalue weighted by Crippen LogP contribution is -2.52.